The molecule has 5 aromatic rings. The normalized spacial score (nSPS) is 11.2. The van der Waals surface area contributed by atoms with E-state index in [-0.39, 0.29) is 11.5 Å². The Hall–Kier alpha value is -4.82. The summed E-state index contributed by atoms with van der Waals surface area (Å²) in [5, 5.41) is 5.57. The number of para-hydroxylation sites is 1. The smallest absolute Gasteiger partial charge is 0.379 e. The highest BCUT2D eigenvalue weighted by molar-refractivity contribution is 6.34. The number of esters is 1. The van der Waals surface area contributed by atoms with E-state index in [0.29, 0.717) is 34.2 Å². The molecule has 2 aromatic heterocycles. The van der Waals surface area contributed by atoms with Crippen LogP contribution in [0.15, 0.2) is 88.6 Å². The summed E-state index contributed by atoms with van der Waals surface area (Å²) in [7, 11) is 0. The Balaban J connectivity index is 1.39. The van der Waals surface area contributed by atoms with Crippen LogP contribution in [0, 0.1) is 6.92 Å². The second kappa shape index (κ2) is 11.3. The molecule has 0 aliphatic rings. The van der Waals surface area contributed by atoms with Crippen molar-refractivity contribution in [3.8, 4) is 22.6 Å². The standard InChI is InChI=1S/C30H24ClN3O5/c1-3-37-25-16-19(13-14-23(25)39-30(36)24-12-7-15-38-24)17-32-34-29(35)28-26(20-9-4-5-11-22(20)31)21-10-6-8-18(2)27(21)33-28/h4-17,33H,3H2,1-2H3,(H,34,35). The van der Waals surface area contributed by atoms with Gasteiger partial charge in [-0.15, -0.1) is 0 Å². The van der Waals surface area contributed by atoms with Gasteiger partial charge in [0, 0.05) is 27.1 Å². The van der Waals surface area contributed by atoms with E-state index in [0.717, 1.165) is 22.0 Å². The predicted octanol–water partition coefficient (Wildman–Crippen LogP) is 6.77. The van der Waals surface area contributed by atoms with Gasteiger partial charge in [-0.25, -0.2) is 10.2 Å². The van der Waals surface area contributed by atoms with E-state index in [9.17, 15) is 9.59 Å². The van der Waals surface area contributed by atoms with Gasteiger partial charge in [-0.1, -0.05) is 48.0 Å². The number of hydrogen-bond donors (Lipinski definition) is 2. The van der Waals surface area contributed by atoms with Crippen molar-refractivity contribution in [3.05, 3.63) is 107 Å². The maximum Gasteiger partial charge on any atom is 0.379 e. The Kier molecular flexibility index (Phi) is 7.47. The number of nitrogens with one attached hydrogen (secondary N) is 2. The first-order chi connectivity index (χ1) is 19.0. The number of fused-ring (bicyclic) bond motifs is 1. The molecule has 39 heavy (non-hydrogen) atoms. The van der Waals surface area contributed by atoms with Crippen molar-refractivity contribution in [1.82, 2.24) is 10.4 Å². The van der Waals surface area contributed by atoms with E-state index in [1.807, 2.05) is 50.2 Å². The van der Waals surface area contributed by atoms with Gasteiger partial charge in [0.25, 0.3) is 5.91 Å². The van der Waals surface area contributed by atoms with Crippen LogP contribution in [0.25, 0.3) is 22.0 Å². The number of aromatic amines is 1. The van der Waals surface area contributed by atoms with E-state index in [1.165, 1.54) is 18.5 Å². The van der Waals surface area contributed by atoms with Crippen LogP contribution < -0.4 is 14.9 Å². The lowest BCUT2D eigenvalue weighted by Gasteiger charge is -2.10. The lowest BCUT2D eigenvalue weighted by atomic mass is 10.0. The molecule has 1 amide bonds. The van der Waals surface area contributed by atoms with Gasteiger partial charge >= 0.3 is 5.97 Å². The van der Waals surface area contributed by atoms with Crippen molar-refractivity contribution < 1.29 is 23.5 Å². The molecule has 8 nitrogen and oxygen atoms in total. The number of amides is 1. The largest absolute Gasteiger partial charge is 0.490 e. The van der Waals surface area contributed by atoms with Gasteiger partial charge in [0.1, 0.15) is 5.69 Å². The van der Waals surface area contributed by atoms with Crippen molar-refractivity contribution in [3.63, 3.8) is 0 Å². The number of ether oxygens (including phenoxy) is 2. The van der Waals surface area contributed by atoms with E-state index in [1.54, 1.807) is 30.3 Å². The quantitative estimate of drug-likeness (QED) is 0.0975. The summed E-state index contributed by atoms with van der Waals surface area (Å²) in [5.74, 6) is -0.408. The number of carbonyl (C=O) groups excluding carboxylic acids is 2. The Morgan fingerprint density at radius 1 is 1.05 bits per heavy atom. The molecule has 0 saturated carbocycles. The monoisotopic (exact) mass is 541 g/mol. The molecule has 0 unspecified atom stereocenters. The Bertz CT molecular complexity index is 1690. The number of hydrogen-bond acceptors (Lipinski definition) is 6. The second-order valence-electron chi connectivity index (χ2n) is 8.56. The zero-order valence-electron chi connectivity index (χ0n) is 21.2. The van der Waals surface area contributed by atoms with Crippen LogP contribution in [0.1, 0.15) is 39.1 Å². The highest BCUT2D eigenvalue weighted by Gasteiger charge is 2.21. The molecule has 3 aromatic carbocycles. The van der Waals surface area contributed by atoms with Crippen molar-refractivity contribution in [2.45, 2.75) is 13.8 Å². The zero-order chi connectivity index (χ0) is 27.4. The molecule has 0 atom stereocenters. The number of halogens is 1. The molecule has 0 spiro atoms. The summed E-state index contributed by atoms with van der Waals surface area (Å²) >= 11 is 6.51. The van der Waals surface area contributed by atoms with Gasteiger partial charge in [-0.3, -0.25) is 4.79 Å². The second-order valence-corrected chi connectivity index (χ2v) is 8.96. The molecule has 0 radical (unpaired) electrons. The molecule has 0 aliphatic heterocycles. The topological polar surface area (TPSA) is 106 Å². The number of furan rings is 1. The average Bonchev–Trinajstić information content (AvgIpc) is 3.60. The maximum atomic E-state index is 13.3. The third-order valence-corrected chi connectivity index (χ3v) is 6.31. The summed E-state index contributed by atoms with van der Waals surface area (Å²) in [6.07, 6.45) is 2.86. The predicted molar refractivity (Wildman–Crippen MR) is 150 cm³/mol. The number of hydrazone groups is 1. The fraction of sp³-hybridized carbons (Fsp3) is 0.100. The highest BCUT2D eigenvalue weighted by Crippen LogP contribution is 2.37. The first-order valence-corrected chi connectivity index (χ1v) is 12.6. The minimum atomic E-state index is -0.641. The molecule has 0 fully saturated rings. The number of aromatic nitrogens is 1. The van der Waals surface area contributed by atoms with Crippen molar-refractivity contribution in [2.24, 2.45) is 5.10 Å². The number of carbonyl (C=O) groups is 2. The molecule has 0 bridgehead atoms. The van der Waals surface area contributed by atoms with Crippen LogP contribution in [0.4, 0.5) is 0 Å². The minimum Gasteiger partial charge on any atom is -0.490 e. The number of benzene rings is 3. The highest BCUT2D eigenvalue weighted by atomic mass is 35.5. The van der Waals surface area contributed by atoms with Gasteiger partial charge in [0.2, 0.25) is 5.76 Å². The summed E-state index contributed by atoms with van der Waals surface area (Å²) in [6, 6.07) is 21.3. The average molecular weight is 542 g/mol. The van der Waals surface area contributed by atoms with Crippen molar-refractivity contribution in [1.29, 1.82) is 0 Å². The molecule has 0 saturated heterocycles. The minimum absolute atomic E-state index is 0.0779. The van der Waals surface area contributed by atoms with Gasteiger partial charge in [-0.2, -0.15) is 5.10 Å². The van der Waals surface area contributed by atoms with Gasteiger partial charge in [0.05, 0.1) is 19.1 Å². The summed E-state index contributed by atoms with van der Waals surface area (Å²) in [4.78, 5) is 28.8. The Morgan fingerprint density at radius 2 is 1.90 bits per heavy atom. The van der Waals surface area contributed by atoms with Crippen molar-refractivity contribution >= 4 is 40.6 Å². The fourth-order valence-corrected chi connectivity index (χ4v) is 4.43. The number of rotatable bonds is 8. The Morgan fingerprint density at radius 3 is 2.67 bits per heavy atom. The summed E-state index contributed by atoms with van der Waals surface area (Å²) in [5.41, 5.74) is 6.85. The van der Waals surface area contributed by atoms with E-state index < -0.39 is 11.9 Å². The first-order valence-electron chi connectivity index (χ1n) is 12.2. The number of nitrogens with zero attached hydrogens (tertiary/aromatic N) is 1. The SMILES string of the molecule is CCOc1cc(C=NNC(=O)c2[nH]c3c(C)cccc3c2-c2ccccc2Cl)ccc1OC(=O)c1ccco1. The van der Waals surface area contributed by atoms with Gasteiger partial charge in [-0.05, 0) is 61.4 Å². The molecule has 9 heteroatoms. The zero-order valence-corrected chi connectivity index (χ0v) is 21.9. The molecule has 196 valence electrons. The maximum absolute atomic E-state index is 13.3. The molecular weight excluding hydrogens is 518 g/mol. The summed E-state index contributed by atoms with van der Waals surface area (Å²) in [6.45, 7) is 4.14. The van der Waals surface area contributed by atoms with Crippen LogP contribution >= 0.6 is 11.6 Å². The third-order valence-electron chi connectivity index (χ3n) is 5.98. The van der Waals surface area contributed by atoms with Crippen molar-refractivity contribution in [2.75, 3.05) is 6.61 Å². The van der Waals surface area contributed by atoms with Gasteiger partial charge in [0.15, 0.2) is 11.5 Å². The van der Waals surface area contributed by atoms with Crippen LogP contribution in [-0.4, -0.2) is 29.7 Å². The lowest BCUT2D eigenvalue weighted by molar-refractivity contribution is 0.0695. The van der Waals surface area contributed by atoms with Crippen LogP contribution in [0.2, 0.25) is 5.02 Å². The van der Waals surface area contributed by atoms with E-state index >= 15 is 0 Å². The van der Waals surface area contributed by atoms with Crippen LogP contribution in [0.3, 0.4) is 0 Å². The lowest BCUT2D eigenvalue weighted by Crippen LogP contribution is -2.19. The summed E-state index contributed by atoms with van der Waals surface area (Å²) < 4.78 is 16.1. The fourth-order valence-electron chi connectivity index (χ4n) is 4.20. The molecule has 5 rings (SSSR count). The number of aryl methyl sites for hydroxylation is 1. The van der Waals surface area contributed by atoms with Crippen LogP contribution in [-0.2, 0) is 0 Å². The first kappa shape index (κ1) is 25.8. The van der Waals surface area contributed by atoms with Gasteiger partial charge < -0.3 is 18.9 Å². The molecular formula is C30H24ClN3O5. The third kappa shape index (κ3) is 5.42. The molecule has 2 N–H and O–H groups in total. The number of H-pyrrole nitrogens is 1. The Labute approximate surface area is 229 Å². The van der Waals surface area contributed by atoms with E-state index in [4.69, 9.17) is 25.5 Å². The van der Waals surface area contributed by atoms with E-state index in [2.05, 4.69) is 15.5 Å². The molecule has 2 heterocycles. The van der Waals surface area contributed by atoms with Crippen LogP contribution in [0.5, 0.6) is 11.5 Å². The molecule has 0 aliphatic carbocycles.